The van der Waals surface area contributed by atoms with Gasteiger partial charge in [-0.2, -0.15) is 9.50 Å². The number of rotatable bonds is 5. The Bertz CT molecular complexity index is 1450. The smallest absolute Gasteiger partial charge is 0.230 e. The molecule has 1 saturated heterocycles. The second kappa shape index (κ2) is 8.83. The van der Waals surface area contributed by atoms with Gasteiger partial charge in [-0.3, -0.25) is 4.90 Å². The van der Waals surface area contributed by atoms with Gasteiger partial charge < -0.3 is 14.4 Å². The summed E-state index contributed by atoms with van der Waals surface area (Å²) >= 11 is 1.42. The lowest BCUT2D eigenvalue weighted by Crippen LogP contribution is -2.48. The molecular formula is C26H24FN5O2S. The van der Waals surface area contributed by atoms with Gasteiger partial charge in [0.05, 0.1) is 22.9 Å². The van der Waals surface area contributed by atoms with E-state index in [1.165, 1.54) is 27.5 Å². The molecular weight excluding hydrogens is 465 g/mol. The molecule has 5 aromatic rings. The normalized spacial score (nSPS) is 15.7. The Hall–Kier alpha value is -3.69. The van der Waals surface area contributed by atoms with Gasteiger partial charge in [0.25, 0.3) is 0 Å². The molecule has 4 heterocycles. The van der Waals surface area contributed by atoms with E-state index in [4.69, 9.17) is 4.42 Å². The highest BCUT2D eigenvalue weighted by molar-refractivity contribution is 7.17. The molecule has 0 amide bonds. The molecule has 1 aliphatic heterocycles. The minimum Gasteiger partial charge on any atom is -0.492 e. The fraction of sp³-hybridized carbons (Fsp3) is 0.231. The second-order valence-electron chi connectivity index (χ2n) is 8.68. The molecule has 3 aromatic heterocycles. The van der Waals surface area contributed by atoms with Gasteiger partial charge in [0.2, 0.25) is 16.7 Å². The van der Waals surface area contributed by atoms with E-state index in [-0.39, 0.29) is 17.7 Å². The topological polar surface area (TPSA) is 70.0 Å². The molecule has 9 heteroatoms. The van der Waals surface area contributed by atoms with Gasteiger partial charge in [-0.05, 0) is 36.8 Å². The van der Waals surface area contributed by atoms with E-state index < -0.39 is 0 Å². The maximum atomic E-state index is 14.4. The third-order valence-electron chi connectivity index (χ3n) is 6.46. The third kappa shape index (κ3) is 3.96. The van der Waals surface area contributed by atoms with E-state index in [1.54, 1.807) is 24.5 Å². The van der Waals surface area contributed by atoms with Crippen LogP contribution in [0.1, 0.15) is 22.0 Å². The molecule has 1 aliphatic rings. The molecule has 7 nitrogen and oxygen atoms in total. The van der Waals surface area contributed by atoms with Crippen LogP contribution < -0.4 is 4.90 Å². The Labute approximate surface area is 205 Å². The Morgan fingerprint density at radius 1 is 1.00 bits per heavy atom. The number of aromatic hydroxyl groups is 1. The molecule has 0 aliphatic carbocycles. The minimum atomic E-state index is -0.202. The summed E-state index contributed by atoms with van der Waals surface area (Å²) in [6, 6.07) is 18.7. The van der Waals surface area contributed by atoms with Gasteiger partial charge in [0.15, 0.2) is 5.76 Å². The Balaban J connectivity index is 1.34. The number of para-hydroxylation sites is 1. The highest BCUT2D eigenvalue weighted by atomic mass is 32.1. The summed E-state index contributed by atoms with van der Waals surface area (Å²) in [5.74, 6) is 0.874. The summed E-state index contributed by atoms with van der Waals surface area (Å²) in [5, 5.41) is 15.7. The van der Waals surface area contributed by atoms with Crippen molar-refractivity contribution >= 4 is 22.0 Å². The maximum absolute atomic E-state index is 14.4. The van der Waals surface area contributed by atoms with Crippen LogP contribution in [0.5, 0.6) is 5.88 Å². The van der Waals surface area contributed by atoms with Crippen molar-refractivity contribution in [3.05, 3.63) is 88.7 Å². The molecule has 0 bridgehead atoms. The number of hydrogen-bond donors (Lipinski definition) is 1. The van der Waals surface area contributed by atoms with E-state index >= 15 is 0 Å². The van der Waals surface area contributed by atoms with E-state index in [0.29, 0.717) is 35.3 Å². The van der Waals surface area contributed by atoms with Gasteiger partial charge in [-0.1, -0.05) is 53.3 Å². The van der Waals surface area contributed by atoms with Crippen LogP contribution in [0.25, 0.3) is 16.5 Å². The fourth-order valence-electron chi connectivity index (χ4n) is 4.64. The van der Waals surface area contributed by atoms with E-state index in [1.807, 2.05) is 12.1 Å². The van der Waals surface area contributed by atoms with Gasteiger partial charge in [0.1, 0.15) is 5.82 Å². The van der Waals surface area contributed by atoms with Crippen LogP contribution in [0.15, 0.2) is 71.3 Å². The SMILES string of the molecule is Cc1ccc([C@H](c2sc3nc(-c4ccco4)nn3c2O)N2CCN(c3ccccc3F)CC2)cc1. The predicted octanol–water partition coefficient (Wildman–Crippen LogP) is 5.12. The standard InChI is InChI=1S/C26H24FN5O2S/c1-17-8-10-18(11-9-17)22(31-14-12-30(13-15-31)20-6-3-2-5-19(20)27)23-25(33)32-26(35-23)28-24(29-32)21-7-4-16-34-21/h2-11,16,22,33H,12-15H2,1H3/t22-/m1/s1. The molecule has 1 atom stereocenters. The first-order valence-corrected chi connectivity index (χ1v) is 12.3. The lowest BCUT2D eigenvalue weighted by Gasteiger charge is -2.40. The van der Waals surface area contributed by atoms with Crippen LogP contribution in [-0.2, 0) is 0 Å². The third-order valence-corrected chi connectivity index (χ3v) is 7.53. The number of piperazine rings is 1. The van der Waals surface area contributed by atoms with E-state index in [2.05, 4.69) is 51.1 Å². The number of furan rings is 1. The van der Waals surface area contributed by atoms with Crippen molar-refractivity contribution in [1.82, 2.24) is 19.5 Å². The Morgan fingerprint density at radius 2 is 1.77 bits per heavy atom. The highest BCUT2D eigenvalue weighted by Gasteiger charge is 2.32. The van der Waals surface area contributed by atoms with Crippen molar-refractivity contribution < 1.29 is 13.9 Å². The van der Waals surface area contributed by atoms with E-state index in [0.717, 1.165) is 23.5 Å². The van der Waals surface area contributed by atoms with Gasteiger partial charge >= 0.3 is 0 Å². The Kier molecular flexibility index (Phi) is 5.50. The fourth-order valence-corrected chi connectivity index (χ4v) is 5.76. The zero-order valence-corrected chi connectivity index (χ0v) is 20.0. The highest BCUT2D eigenvalue weighted by Crippen LogP contribution is 2.41. The molecule has 6 rings (SSSR count). The molecule has 0 unspecified atom stereocenters. The summed E-state index contributed by atoms with van der Waals surface area (Å²) < 4.78 is 21.3. The lowest BCUT2D eigenvalue weighted by molar-refractivity contribution is 0.210. The van der Waals surface area contributed by atoms with Crippen molar-refractivity contribution in [2.75, 3.05) is 31.1 Å². The number of fused-ring (bicyclic) bond motifs is 1. The van der Waals surface area contributed by atoms with Crippen molar-refractivity contribution in [2.24, 2.45) is 0 Å². The number of aryl methyl sites for hydroxylation is 1. The van der Waals surface area contributed by atoms with Crippen molar-refractivity contribution in [1.29, 1.82) is 0 Å². The van der Waals surface area contributed by atoms with Crippen LogP contribution in [0.4, 0.5) is 10.1 Å². The van der Waals surface area contributed by atoms with Crippen LogP contribution >= 0.6 is 11.3 Å². The van der Waals surface area contributed by atoms with Crippen LogP contribution in [0, 0.1) is 12.7 Å². The van der Waals surface area contributed by atoms with E-state index in [9.17, 15) is 9.50 Å². The number of halogens is 1. The quantitative estimate of drug-likeness (QED) is 0.370. The maximum Gasteiger partial charge on any atom is 0.230 e. The number of hydrogen-bond acceptors (Lipinski definition) is 7. The summed E-state index contributed by atoms with van der Waals surface area (Å²) in [6.07, 6.45) is 1.57. The number of aromatic nitrogens is 3. The first-order valence-electron chi connectivity index (χ1n) is 11.5. The van der Waals surface area contributed by atoms with Crippen molar-refractivity contribution in [2.45, 2.75) is 13.0 Å². The molecule has 0 saturated carbocycles. The number of thiazole rings is 1. The molecule has 1 N–H and O–H groups in total. The zero-order valence-electron chi connectivity index (χ0n) is 19.1. The van der Waals surface area contributed by atoms with Gasteiger partial charge in [-0.15, -0.1) is 5.10 Å². The molecule has 1 fully saturated rings. The van der Waals surface area contributed by atoms with Crippen molar-refractivity contribution in [3.63, 3.8) is 0 Å². The summed E-state index contributed by atoms with van der Waals surface area (Å²) in [7, 11) is 0. The van der Waals surface area contributed by atoms with Gasteiger partial charge in [0, 0.05) is 26.2 Å². The molecule has 178 valence electrons. The average molecular weight is 490 g/mol. The monoisotopic (exact) mass is 489 g/mol. The number of benzene rings is 2. The van der Waals surface area contributed by atoms with Crippen LogP contribution in [0.2, 0.25) is 0 Å². The lowest BCUT2D eigenvalue weighted by atomic mass is 10.0. The first kappa shape index (κ1) is 21.8. The van der Waals surface area contributed by atoms with Crippen LogP contribution in [-0.4, -0.2) is 50.8 Å². The Morgan fingerprint density at radius 3 is 2.46 bits per heavy atom. The largest absolute Gasteiger partial charge is 0.492 e. The number of anilines is 1. The zero-order chi connectivity index (χ0) is 23.9. The first-order chi connectivity index (χ1) is 17.1. The number of nitrogens with zero attached hydrogens (tertiary/aromatic N) is 5. The van der Waals surface area contributed by atoms with Crippen molar-refractivity contribution in [3.8, 4) is 17.5 Å². The molecule has 2 aromatic carbocycles. The molecule has 35 heavy (non-hydrogen) atoms. The molecule has 0 radical (unpaired) electrons. The average Bonchev–Trinajstić information content (AvgIpc) is 3.60. The molecule has 0 spiro atoms. The second-order valence-corrected chi connectivity index (χ2v) is 9.69. The van der Waals surface area contributed by atoms with Crippen LogP contribution in [0.3, 0.4) is 0 Å². The summed E-state index contributed by atoms with van der Waals surface area (Å²) in [4.78, 5) is 10.4. The van der Waals surface area contributed by atoms with Gasteiger partial charge in [-0.25, -0.2) is 4.39 Å². The summed E-state index contributed by atoms with van der Waals surface area (Å²) in [6.45, 7) is 4.87. The predicted molar refractivity (Wildman–Crippen MR) is 133 cm³/mol. The minimum absolute atomic E-state index is 0.0809. The summed E-state index contributed by atoms with van der Waals surface area (Å²) in [5.41, 5.74) is 2.89.